The molecule has 0 saturated heterocycles. The number of methoxy groups -OCH3 is 1. The fourth-order valence-electron chi connectivity index (χ4n) is 3.57. The Balaban J connectivity index is 2.05. The van der Waals surface area contributed by atoms with Crippen LogP contribution in [0.3, 0.4) is 0 Å². The van der Waals surface area contributed by atoms with E-state index in [4.69, 9.17) is 16.3 Å². The SMILES string of the molecule is CNC(=O)C(CO)NC(=O)Cc1c(C)n(C(=O)c2ccc(Cl)cc2)c2ccc(OC)cc12. The van der Waals surface area contributed by atoms with Crippen molar-refractivity contribution in [1.82, 2.24) is 15.2 Å². The Kier molecular flexibility index (Phi) is 7.17. The van der Waals surface area contributed by atoms with Crippen molar-refractivity contribution >= 4 is 40.2 Å². The van der Waals surface area contributed by atoms with Crippen LogP contribution in [-0.2, 0) is 16.0 Å². The first kappa shape index (κ1) is 23.3. The summed E-state index contributed by atoms with van der Waals surface area (Å²) < 4.78 is 6.87. The van der Waals surface area contributed by atoms with E-state index < -0.39 is 24.5 Å². The van der Waals surface area contributed by atoms with Gasteiger partial charge in [0.15, 0.2) is 0 Å². The molecule has 0 aliphatic rings. The summed E-state index contributed by atoms with van der Waals surface area (Å²) in [5.74, 6) is -0.649. The van der Waals surface area contributed by atoms with E-state index in [0.29, 0.717) is 38.5 Å². The van der Waals surface area contributed by atoms with Crippen LogP contribution in [0.2, 0.25) is 5.02 Å². The van der Waals surface area contributed by atoms with Gasteiger partial charge in [-0.25, -0.2) is 0 Å². The summed E-state index contributed by atoms with van der Waals surface area (Å²) >= 11 is 5.95. The summed E-state index contributed by atoms with van der Waals surface area (Å²) in [5, 5.41) is 15.5. The molecule has 0 bridgehead atoms. The molecule has 0 fully saturated rings. The molecule has 168 valence electrons. The molecule has 2 amide bonds. The molecular weight excluding hydrogens is 434 g/mol. The van der Waals surface area contributed by atoms with Crippen LogP contribution < -0.4 is 15.4 Å². The molecule has 0 radical (unpaired) electrons. The number of hydrogen-bond donors (Lipinski definition) is 3. The number of nitrogens with zero attached hydrogens (tertiary/aromatic N) is 1. The van der Waals surface area contributed by atoms with Crippen molar-refractivity contribution in [3.8, 4) is 5.75 Å². The number of nitrogens with one attached hydrogen (secondary N) is 2. The number of aliphatic hydroxyl groups excluding tert-OH is 1. The largest absolute Gasteiger partial charge is 0.497 e. The van der Waals surface area contributed by atoms with E-state index in [9.17, 15) is 19.5 Å². The van der Waals surface area contributed by atoms with Gasteiger partial charge in [0.25, 0.3) is 5.91 Å². The number of carbonyl (C=O) groups excluding carboxylic acids is 3. The van der Waals surface area contributed by atoms with Crippen molar-refractivity contribution in [2.75, 3.05) is 20.8 Å². The number of aliphatic hydroxyl groups is 1. The molecule has 3 N–H and O–H groups in total. The van der Waals surface area contributed by atoms with Gasteiger partial charge in [0, 0.05) is 28.7 Å². The topological polar surface area (TPSA) is 110 Å². The second-order valence-corrected chi connectivity index (χ2v) is 7.62. The lowest BCUT2D eigenvalue weighted by Gasteiger charge is -2.14. The molecule has 0 spiro atoms. The van der Waals surface area contributed by atoms with Gasteiger partial charge in [-0.3, -0.25) is 19.0 Å². The van der Waals surface area contributed by atoms with E-state index in [2.05, 4.69) is 10.6 Å². The lowest BCUT2D eigenvalue weighted by atomic mass is 10.1. The summed E-state index contributed by atoms with van der Waals surface area (Å²) in [6, 6.07) is 10.8. The van der Waals surface area contributed by atoms with Gasteiger partial charge in [-0.2, -0.15) is 0 Å². The van der Waals surface area contributed by atoms with Crippen molar-refractivity contribution in [2.24, 2.45) is 0 Å². The van der Waals surface area contributed by atoms with E-state index in [1.165, 1.54) is 14.2 Å². The number of halogens is 1. The highest BCUT2D eigenvalue weighted by molar-refractivity contribution is 6.30. The van der Waals surface area contributed by atoms with Gasteiger partial charge in [0.1, 0.15) is 11.8 Å². The zero-order valence-corrected chi connectivity index (χ0v) is 18.7. The molecule has 3 aromatic rings. The molecule has 32 heavy (non-hydrogen) atoms. The number of benzene rings is 2. The second-order valence-electron chi connectivity index (χ2n) is 7.19. The highest BCUT2D eigenvalue weighted by atomic mass is 35.5. The molecule has 2 aromatic carbocycles. The number of ether oxygens (including phenoxy) is 1. The summed E-state index contributed by atoms with van der Waals surface area (Å²) in [6.07, 6.45) is -0.0934. The van der Waals surface area contributed by atoms with Gasteiger partial charge in [0.05, 0.1) is 25.7 Å². The zero-order chi connectivity index (χ0) is 23.4. The molecule has 0 aliphatic carbocycles. The monoisotopic (exact) mass is 457 g/mol. The van der Waals surface area contributed by atoms with Gasteiger partial charge in [-0.1, -0.05) is 11.6 Å². The van der Waals surface area contributed by atoms with Crippen LogP contribution in [0.15, 0.2) is 42.5 Å². The van der Waals surface area contributed by atoms with E-state index >= 15 is 0 Å². The van der Waals surface area contributed by atoms with Crippen LogP contribution in [0.4, 0.5) is 0 Å². The summed E-state index contributed by atoms with van der Waals surface area (Å²) in [7, 11) is 2.95. The minimum absolute atomic E-state index is 0.0934. The first-order valence-electron chi connectivity index (χ1n) is 9.90. The second kappa shape index (κ2) is 9.84. The number of likely N-dealkylation sites (N-methyl/N-ethyl adjacent to an activating group) is 1. The maximum absolute atomic E-state index is 13.3. The van der Waals surface area contributed by atoms with Crippen LogP contribution in [0.5, 0.6) is 5.75 Å². The Labute approximate surface area is 190 Å². The lowest BCUT2D eigenvalue weighted by Crippen LogP contribution is -2.48. The van der Waals surface area contributed by atoms with Crippen LogP contribution in [0.1, 0.15) is 21.6 Å². The highest BCUT2D eigenvalue weighted by Crippen LogP contribution is 2.31. The normalized spacial score (nSPS) is 11.8. The Hall–Kier alpha value is -3.36. The maximum atomic E-state index is 13.3. The average Bonchev–Trinajstić information content (AvgIpc) is 3.07. The van der Waals surface area contributed by atoms with Crippen LogP contribution in [-0.4, -0.2) is 54.2 Å². The molecule has 1 atom stereocenters. The van der Waals surface area contributed by atoms with Gasteiger partial charge < -0.3 is 20.5 Å². The quantitative estimate of drug-likeness (QED) is 0.503. The molecule has 0 aliphatic heterocycles. The molecular formula is C23H24ClN3O5. The molecule has 8 nitrogen and oxygen atoms in total. The Morgan fingerprint density at radius 3 is 2.44 bits per heavy atom. The predicted molar refractivity (Wildman–Crippen MR) is 121 cm³/mol. The maximum Gasteiger partial charge on any atom is 0.262 e. The Morgan fingerprint density at radius 2 is 1.84 bits per heavy atom. The standard InChI is InChI=1S/C23H24ClN3O5/c1-13-17(11-21(29)26-19(12-28)22(30)25-2)18-10-16(32-3)8-9-20(18)27(13)23(31)14-4-6-15(24)7-5-14/h4-10,19,28H,11-12H2,1-3H3,(H,25,30)(H,26,29). The number of aromatic nitrogens is 1. The summed E-state index contributed by atoms with van der Waals surface area (Å²) in [6.45, 7) is 1.22. The van der Waals surface area contributed by atoms with Gasteiger partial charge in [-0.15, -0.1) is 0 Å². The molecule has 1 unspecified atom stereocenters. The summed E-state index contributed by atoms with van der Waals surface area (Å²) in [5.41, 5.74) is 2.27. The van der Waals surface area contributed by atoms with Gasteiger partial charge >= 0.3 is 0 Å². The van der Waals surface area contributed by atoms with E-state index in [1.54, 1.807) is 54.0 Å². The third-order valence-corrected chi connectivity index (χ3v) is 5.51. The van der Waals surface area contributed by atoms with Crippen molar-refractivity contribution < 1.29 is 24.2 Å². The molecule has 3 rings (SSSR count). The Bertz CT molecular complexity index is 1170. The van der Waals surface area contributed by atoms with E-state index in [-0.39, 0.29) is 12.3 Å². The number of rotatable bonds is 7. The third kappa shape index (κ3) is 4.61. The first-order chi connectivity index (χ1) is 15.3. The average molecular weight is 458 g/mol. The van der Waals surface area contributed by atoms with Gasteiger partial charge in [-0.05, 0) is 55.0 Å². The zero-order valence-electron chi connectivity index (χ0n) is 17.9. The minimum Gasteiger partial charge on any atom is -0.497 e. The fraction of sp³-hybridized carbons (Fsp3) is 0.261. The summed E-state index contributed by atoms with van der Waals surface area (Å²) in [4.78, 5) is 37.8. The van der Waals surface area contributed by atoms with Crippen LogP contribution >= 0.6 is 11.6 Å². The first-order valence-corrected chi connectivity index (χ1v) is 10.3. The highest BCUT2D eigenvalue weighted by Gasteiger charge is 2.24. The molecule has 1 heterocycles. The van der Waals surface area contributed by atoms with Crippen molar-refractivity contribution in [3.05, 3.63) is 64.3 Å². The Morgan fingerprint density at radius 1 is 1.16 bits per heavy atom. The van der Waals surface area contributed by atoms with Crippen molar-refractivity contribution in [2.45, 2.75) is 19.4 Å². The van der Waals surface area contributed by atoms with Crippen molar-refractivity contribution in [3.63, 3.8) is 0 Å². The number of carbonyl (C=O) groups is 3. The van der Waals surface area contributed by atoms with E-state index in [1.807, 2.05) is 0 Å². The van der Waals surface area contributed by atoms with E-state index in [0.717, 1.165) is 0 Å². The predicted octanol–water partition coefficient (Wildman–Crippen LogP) is 2.07. The smallest absolute Gasteiger partial charge is 0.262 e. The van der Waals surface area contributed by atoms with Crippen LogP contribution in [0, 0.1) is 6.92 Å². The van der Waals surface area contributed by atoms with Crippen molar-refractivity contribution in [1.29, 1.82) is 0 Å². The molecule has 0 saturated carbocycles. The molecule has 1 aromatic heterocycles. The number of amides is 2. The minimum atomic E-state index is -1.06. The van der Waals surface area contributed by atoms with Crippen LogP contribution in [0.25, 0.3) is 10.9 Å². The lowest BCUT2D eigenvalue weighted by molar-refractivity contribution is -0.129. The fourth-order valence-corrected chi connectivity index (χ4v) is 3.70. The number of fused-ring (bicyclic) bond motifs is 1. The van der Waals surface area contributed by atoms with Gasteiger partial charge in [0.2, 0.25) is 11.8 Å². The third-order valence-electron chi connectivity index (χ3n) is 5.25. The number of hydrogen-bond acceptors (Lipinski definition) is 5. The molecule has 9 heteroatoms.